The molecule has 5 heteroatoms. The monoisotopic (exact) mass is 222 g/mol. The predicted octanol–water partition coefficient (Wildman–Crippen LogP) is 0.542. The Kier molecular flexibility index (Phi) is 2.17. The molecule has 11 heavy (non-hydrogen) atoms. The molecule has 0 aromatic carbocycles. The van der Waals surface area contributed by atoms with Crippen LogP contribution in [0.4, 0.5) is 0 Å². The molecule has 1 aliphatic heterocycles. The van der Waals surface area contributed by atoms with Crippen molar-refractivity contribution in [2.75, 3.05) is 5.33 Å². The van der Waals surface area contributed by atoms with Gasteiger partial charge in [0, 0.05) is 12.8 Å². The van der Waals surface area contributed by atoms with Crippen molar-refractivity contribution in [3.63, 3.8) is 0 Å². The molecule has 0 aliphatic carbocycles. The van der Waals surface area contributed by atoms with Crippen LogP contribution in [0.3, 0.4) is 0 Å². The Labute approximate surface area is 71.7 Å². The predicted molar refractivity (Wildman–Crippen MR) is 39.5 cm³/mol. The second-order valence-corrected chi connectivity index (χ2v) is 2.97. The van der Waals surface area contributed by atoms with E-state index in [2.05, 4.69) is 20.7 Å². The summed E-state index contributed by atoms with van der Waals surface area (Å²) in [6.07, 6.45) is 0.449. The molecule has 1 aliphatic rings. The van der Waals surface area contributed by atoms with E-state index < -0.39 is 17.5 Å². The van der Waals surface area contributed by atoms with Crippen molar-refractivity contribution in [3.05, 3.63) is 0 Å². The van der Waals surface area contributed by atoms with Gasteiger partial charge in [-0.05, 0) is 0 Å². The Bertz CT molecular complexity index is 203. The molecule has 1 fully saturated rings. The minimum Gasteiger partial charge on any atom is -0.478 e. The van der Waals surface area contributed by atoms with Crippen LogP contribution in [0, 0.1) is 0 Å². The highest BCUT2D eigenvalue weighted by Gasteiger charge is 2.46. The van der Waals surface area contributed by atoms with Gasteiger partial charge in [0.15, 0.2) is 0 Å². The molecule has 0 saturated carbocycles. The first kappa shape index (κ1) is 8.52. The summed E-state index contributed by atoms with van der Waals surface area (Å²) < 4.78 is 4.67. The molecule has 1 saturated heterocycles. The van der Waals surface area contributed by atoms with Crippen molar-refractivity contribution in [3.8, 4) is 0 Å². The number of esters is 1. The Morgan fingerprint density at radius 2 is 2.45 bits per heavy atom. The number of alkyl halides is 1. The molecule has 1 N–H and O–H groups in total. The summed E-state index contributed by atoms with van der Waals surface area (Å²) in [5.74, 6) is -1.52. The largest absolute Gasteiger partial charge is 0.478 e. The fourth-order valence-corrected chi connectivity index (χ4v) is 1.56. The lowest BCUT2D eigenvalue weighted by atomic mass is 10.0. The molecule has 62 valence electrons. The molecule has 1 heterocycles. The summed E-state index contributed by atoms with van der Waals surface area (Å²) in [5, 5.41) is 8.83. The first-order valence-corrected chi connectivity index (χ1v) is 4.24. The van der Waals surface area contributed by atoms with Gasteiger partial charge in [0.1, 0.15) is 0 Å². The maximum atomic E-state index is 10.6. The lowest BCUT2D eigenvalue weighted by Crippen LogP contribution is -2.39. The van der Waals surface area contributed by atoms with E-state index in [0.717, 1.165) is 0 Å². The van der Waals surface area contributed by atoms with Crippen molar-refractivity contribution in [1.29, 1.82) is 0 Å². The normalized spacial score (nSPS) is 30.1. The van der Waals surface area contributed by atoms with Crippen LogP contribution in [0.25, 0.3) is 0 Å². The molecule has 1 rings (SSSR count). The molecule has 0 amide bonds. The zero-order valence-electron chi connectivity index (χ0n) is 5.67. The lowest BCUT2D eigenvalue weighted by Gasteiger charge is -2.18. The van der Waals surface area contributed by atoms with Gasteiger partial charge in [0.2, 0.25) is 5.60 Å². The van der Waals surface area contributed by atoms with E-state index in [0.29, 0.717) is 0 Å². The van der Waals surface area contributed by atoms with Crippen LogP contribution in [0.15, 0.2) is 0 Å². The number of halogens is 1. The van der Waals surface area contributed by atoms with Gasteiger partial charge in [-0.15, -0.1) is 0 Å². The van der Waals surface area contributed by atoms with Gasteiger partial charge in [-0.1, -0.05) is 15.9 Å². The van der Waals surface area contributed by atoms with Crippen LogP contribution in [-0.2, 0) is 14.3 Å². The van der Waals surface area contributed by atoms with Gasteiger partial charge in [-0.25, -0.2) is 4.79 Å². The first-order valence-electron chi connectivity index (χ1n) is 3.12. The number of carbonyl (C=O) groups excluding carboxylic acids is 1. The van der Waals surface area contributed by atoms with Crippen LogP contribution < -0.4 is 0 Å². The molecular formula is C6H7BrO4. The van der Waals surface area contributed by atoms with E-state index in [4.69, 9.17) is 5.11 Å². The van der Waals surface area contributed by atoms with Gasteiger partial charge in [-0.3, -0.25) is 4.79 Å². The Morgan fingerprint density at radius 3 is 2.64 bits per heavy atom. The van der Waals surface area contributed by atoms with E-state index >= 15 is 0 Å². The zero-order chi connectivity index (χ0) is 8.48. The third-order valence-corrected chi connectivity index (χ3v) is 2.55. The fraction of sp³-hybridized carbons (Fsp3) is 0.667. The topological polar surface area (TPSA) is 63.6 Å². The molecular weight excluding hydrogens is 216 g/mol. The van der Waals surface area contributed by atoms with Crippen LogP contribution in [0.2, 0.25) is 0 Å². The van der Waals surface area contributed by atoms with Gasteiger partial charge >= 0.3 is 11.9 Å². The van der Waals surface area contributed by atoms with E-state index in [1.165, 1.54) is 0 Å². The van der Waals surface area contributed by atoms with Crippen molar-refractivity contribution < 1.29 is 19.4 Å². The van der Waals surface area contributed by atoms with E-state index in [1.54, 1.807) is 0 Å². The maximum absolute atomic E-state index is 10.6. The van der Waals surface area contributed by atoms with Gasteiger partial charge in [-0.2, -0.15) is 0 Å². The highest BCUT2D eigenvalue weighted by atomic mass is 79.9. The fourth-order valence-electron chi connectivity index (χ4n) is 0.926. The molecule has 1 atom stereocenters. The maximum Gasteiger partial charge on any atom is 0.349 e. The summed E-state index contributed by atoms with van der Waals surface area (Å²) in [6, 6.07) is 0. The van der Waals surface area contributed by atoms with Gasteiger partial charge < -0.3 is 9.84 Å². The van der Waals surface area contributed by atoms with E-state index in [9.17, 15) is 9.59 Å². The smallest absolute Gasteiger partial charge is 0.349 e. The number of hydrogen-bond donors (Lipinski definition) is 1. The molecule has 0 unspecified atom stereocenters. The van der Waals surface area contributed by atoms with Gasteiger partial charge in [0.05, 0.1) is 5.33 Å². The highest BCUT2D eigenvalue weighted by molar-refractivity contribution is 9.09. The number of carboxylic acids is 1. The number of rotatable bonds is 2. The number of carbonyl (C=O) groups is 2. The number of cyclic esters (lactones) is 1. The second-order valence-electron chi connectivity index (χ2n) is 2.41. The summed E-state index contributed by atoms with van der Waals surface area (Å²) in [4.78, 5) is 21.2. The molecule has 0 aromatic heterocycles. The van der Waals surface area contributed by atoms with Crippen molar-refractivity contribution in [2.24, 2.45) is 0 Å². The van der Waals surface area contributed by atoms with Crippen molar-refractivity contribution in [1.82, 2.24) is 0 Å². The third kappa shape index (κ3) is 1.38. The Balaban J connectivity index is 2.78. The van der Waals surface area contributed by atoms with Gasteiger partial charge in [0.25, 0.3) is 0 Å². The quantitative estimate of drug-likeness (QED) is 0.548. The molecule has 0 aromatic rings. The Hall–Kier alpha value is -0.580. The molecule has 0 spiro atoms. The minimum absolute atomic E-state index is 0.154. The molecule has 0 radical (unpaired) electrons. The van der Waals surface area contributed by atoms with Crippen molar-refractivity contribution in [2.45, 2.75) is 18.4 Å². The zero-order valence-corrected chi connectivity index (χ0v) is 7.26. The summed E-state index contributed by atoms with van der Waals surface area (Å²) >= 11 is 3.00. The average molecular weight is 223 g/mol. The summed E-state index contributed by atoms with van der Waals surface area (Å²) in [7, 11) is 0. The van der Waals surface area contributed by atoms with E-state index in [1.807, 2.05) is 0 Å². The highest BCUT2D eigenvalue weighted by Crippen LogP contribution is 2.28. The SMILES string of the molecule is O=C1CC[C@](CBr)(C(=O)O)O1. The third-order valence-electron chi connectivity index (χ3n) is 1.65. The van der Waals surface area contributed by atoms with E-state index in [-0.39, 0.29) is 18.2 Å². The average Bonchev–Trinajstić information content (AvgIpc) is 2.33. The first-order chi connectivity index (χ1) is 5.10. The Morgan fingerprint density at radius 1 is 1.82 bits per heavy atom. The number of hydrogen-bond acceptors (Lipinski definition) is 3. The lowest BCUT2D eigenvalue weighted by molar-refractivity contribution is -0.166. The minimum atomic E-state index is -1.31. The number of ether oxygens (including phenoxy) is 1. The van der Waals surface area contributed by atoms with Crippen LogP contribution in [0.5, 0.6) is 0 Å². The standard InChI is InChI=1S/C6H7BrO4/c7-3-6(5(9)10)2-1-4(8)11-6/h1-3H2,(H,9,10)/t6-/m0/s1. The molecule has 4 nitrogen and oxygen atoms in total. The summed E-state index contributed by atoms with van der Waals surface area (Å²) in [5.41, 5.74) is -1.31. The number of carboxylic acid groups (broad SMARTS) is 1. The van der Waals surface area contributed by atoms with Crippen molar-refractivity contribution >= 4 is 27.9 Å². The van der Waals surface area contributed by atoms with Crippen LogP contribution >= 0.6 is 15.9 Å². The summed E-state index contributed by atoms with van der Waals surface area (Å²) in [6.45, 7) is 0. The van der Waals surface area contributed by atoms with Crippen LogP contribution in [-0.4, -0.2) is 28.0 Å². The van der Waals surface area contributed by atoms with Crippen LogP contribution in [0.1, 0.15) is 12.8 Å². The number of aliphatic carboxylic acids is 1. The molecule has 0 bridgehead atoms. The second kappa shape index (κ2) is 2.81.